The van der Waals surface area contributed by atoms with Crippen molar-refractivity contribution >= 4 is 5.69 Å². The molecule has 0 radical (unpaired) electrons. The Morgan fingerprint density at radius 1 is 0.810 bits per heavy atom. The van der Waals surface area contributed by atoms with Crippen molar-refractivity contribution in [2.24, 2.45) is 0 Å². The van der Waals surface area contributed by atoms with Gasteiger partial charge in [-0.05, 0) is 58.1 Å². The van der Waals surface area contributed by atoms with Crippen LogP contribution < -0.4 is 4.90 Å². The van der Waals surface area contributed by atoms with E-state index in [0.717, 1.165) is 17.1 Å². The van der Waals surface area contributed by atoms with E-state index in [1.807, 2.05) is 32.9 Å². The van der Waals surface area contributed by atoms with E-state index in [2.05, 4.69) is 78.6 Å². The smallest absolute Gasteiger partial charge is 0.0461 e. The summed E-state index contributed by atoms with van der Waals surface area (Å²) in [6.07, 6.45) is 16.7. The molecule has 1 nitrogen and oxygen atoms in total. The normalized spacial score (nSPS) is 13.7. The molecule has 21 heavy (non-hydrogen) atoms. The molecule has 0 unspecified atom stereocenters. The zero-order valence-electron chi connectivity index (χ0n) is 13.5. The molecule has 0 aromatic heterocycles. The molecule has 1 aromatic carbocycles. The summed E-state index contributed by atoms with van der Waals surface area (Å²) in [5.41, 5.74) is 3.43. The Bertz CT molecular complexity index is 557. The highest BCUT2D eigenvalue weighted by atomic mass is 15.1. The molecule has 110 valence electrons. The first-order valence-corrected chi connectivity index (χ1v) is 7.38. The largest absolute Gasteiger partial charge is 0.311 e. The molecule has 0 heterocycles. The summed E-state index contributed by atoms with van der Waals surface area (Å²) >= 11 is 0. The van der Waals surface area contributed by atoms with Crippen molar-refractivity contribution in [2.75, 3.05) is 4.90 Å². The quantitative estimate of drug-likeness (QED) is 0.576. The van der Waals surface area contributed by atoms with Crippen LogP contribution in [0.3, 0.4) is 0 Å². The van der Waals surface area contributed by atoms with E-state index in [1.165, 1.54) is 0 Å². The van der Waals surface area contributed by atoms with Gasteiger partial charge < -0.3 is 4.90 Å². The number of rotatable bonds is 6. The first-order valence-electron chi connectivity index (χ1n) is 7.38. The lowest BCUT2D eigenvalue weighted by Gasteiger charge is -2.27. The van der Waals surface area contributed by atoms with Crippen LogP contribution in [0.25, 0.3) is 0 Å². The van der Waals surface area contributed by atoms with Crippen LogP contribution in [0.1, 0.15) is 27.7 Å². The molecule has 0 aliphatic heterocycles. The third-order valence-corrected chi connectivity index (χ3v) is 2.96. The predicted octanol–water partition coefficient (Wildman–Crippen LogP) is 6.01. The van der Waals surface area contributed by atoms with Gasteiger partial charge in [0.05, 0.1) is 0 Å². The number of nitrogens with zero attached hydrogens (tertiary/aromatic N) is 1. The molecule has 0 aliphatic rings. The Hall–Kier alpha value is -2.28. The number of benzene rings is 1. The molecular weight excluding hydrogens is 254 g/mol. The van der Waals surface area contributed by atoms with E-state index < -0.39 is 0 Å². The van der Waals surface area contributed by atoms with Crippen molar-refractivity contribution in [3.8, 4) is 0 Å². The van der Waals surface area contributed by atoms with Gasteiger partial charge in [0.15, 0.2) is 0 Å². The second kappa shape index (κ2) is 9.60. The average Bonchev–Trinajstić information content (AvgIpc) is 2.53. The van der Waals surface area contributed by atoms with Gasteiger partial charge in [-0.3, -0.25) is 0 Å². The molecule has 0 spiro atoms. The number of hydrogen-bond acceptors (Lipinski definition) is 1. The zero-order valence-corrected chi connectivity index (χ0v) is 13.5. The van der Waals surface area contributed by atoms with Gasteiger partial charge in [-0.15, -0.1) is 0 Å². The molecule has 0 saturated carbocycles. The van der Waals surface area contributed by atoms with Crippen molar-refractivity contribution in [1.29, 1.82) is 0 Å². The predicted molar refractivity (Wildman–Crippen MR) is 95.2 cm³/mol. The van der Waals surface area contributed by atoms with Gasteiger partial charge in [0, 0.05) is 17.1 Å². The first-order chi connectivity index (χ1) is 10.3. The van der Waals surface area contributed by atoms with Crippen LogP contribution in [-0.4, -0.2) is 0 Å². The summed E-state index contributed by atoms with van der Waals surface area (Å²) in [7, 11) is 0. The summed E-state index contributed by atoms with van der Waals surface area (Å²) in [6.45, 7) is 8.17. The second-order valence-corrected chi connectivity index (χ2v) is 4.50. The van der Waals surface area contributed by atoms with E-state index >= 15 is 0 Å². The highest BCUT2D eigenvalue weighted by molar-refractivity contribution is 5.62. The third-order valence-electron chi connectivity index (χ3n) is 2.96. The van der Waals surface area contributed by atoms with Crippen molar-refractivity contribution in [3.63, 3.8) is 0 Å². The molecule has 0 aliphatic carbocycles. The minimum absolute atomic E-state index is 1.13. The van der Waals surface area contributed by atoms with Crippen LogP contribution in [0, 0.1) is 0 Å². The Balaban J connectivity index is 3.42. The molecule has 0 bridgehead atoms. The van der Waals surface area contributed by atoms with E-state index in [0.29, 0.717) is 0 Å². The van der Waals surface area contributed by atoms with Crippen molar-refractivity contribution in [3.05, 3.63) is 90.3 Å². The topological polar surface area (TPSA) is 3.24 Å². The van der Waals surface area contributed by atoms with Crippen molar-refractivity contribution < 1.29 is 0 Å². The Morgan fingerprint density at radius 2 is 1.43 bits per heavy atom. The Morgan fingerprint density at radius 3 is 1.95 bits per heavy atom. The van der Waals surface area contributed by atoms with Crippen LogP contribution >= 0.6 is 0 Å². The maximum atomic E-state index is 2.25. The van der Waals surface area contributed by atoms with Crippen LogP contribution in [0.4, 0.5) is 5.69 Å². The number of para-hydroxylation sites is 1. The van der Waals surface area contributed by atoms with E-state index in [4.69, 9.17) is 0 Å². The van der Waals surface area contributed by atoms with E-state index in [1.54, 1.807) is 0 Å². The molecular formula is C20H25N. The van der Waals surface area contributed by atoms with Crippen molar-refractivity contribution in [2.45, 2.75) is 27.7 Å². The highest BCUT2D eigenvalue weighted by Crippen LogP contribution is 2.26. The molecule has 1 heteroatoms. The molecule has 0 saturated heterocycles. The second-order valence-electron chi connectivity index (χ2n) is 4.50. The van der Waals surface area contributed by atoms with Gasteiger partial charge >= 0.3 is 0 Å². The molecule has 1 aromatic rings. The molecule has 0 atom stereocenters. The lowest BCUT2D eigenvalue weighted by Crippen LogP contribution is -2.19. The Labute approximate surface area is 129 Å². The average molecular weight is 279 g/mol. The monoisotopic (exact) mass is 279 g/mol. The fourth-order valence-electron chi connectivity index (χ4n) is 2.07. The van der Waals surface area contributed by atoms with E-state index in [-0.39, 0.29) is 0 Å². The zero-order chi connectivity index (χ0) is 15.5. The van der Waals surface area contributed by atoms with Gasteiger partial charge in [-0.2, -0.15) is 0 Å². The van der Waals surface area contributed by atoms with Gasteiger partial charge in [0.1, 0.15) is 0 Å². The summed E-state index contributed by atoms with van der Waals surface area (Å²) in [5.74, 6) is 0. The van der Waals surface area contributed by atoms with E-state index in [9.17, 15) is 0 Å². The van der Waals surface area contributed by atoms with Gasteiger partial charge in [0.2, 0.25) is 0 Å². The molecule has 0 amide bonds. The van der Waals surface area contributed by atoms with Gasteiger partial charge in [0.25, 0.3) is 0 Å². The van der Waals surface area contributed by atoms with Gasteiger partial charge in [-0.1, -0.05) is 48.6 Å². The summed E-state index contributed by atoms with van der Waals surface area (Å²) in [6, 6.07) is 10.4. The number of allylic oxidation sites excluding steroid dienone is 8. The van der Waals surface area contributed by atoms with Crippen molar-refractivity contribution in [1.82, 2.24) is 0 Å². The number of anilines is 1. The van der Waals surface area contributed by atoms with Crippen LogP contribution in [0.5, 0.6) is 0 Å². The van der Waals surface area contributed by atoms with Crippen LogP contribution in [0.2, 0.25) is 0 Å². The number of hydrogen-bond donors (Lipinski definition) is 0. The van der Waals surface area contributed by atoms with Crippen LogP contribution in [0.15, 0.2) is 90.3 Å². The summed E-state index contributed by atoms with van der Waals surface area (Å²) in [5, 5.41) is 0. The van der Waals surface area contributed by atoms with Crippen LogP contribution in [-0.2, 0) is 0 Å². The standard InChI is InChI=1S/C20H25N/c1-5-9-15-19(14-7-3)21(18(8-4)13-6-2)20-16-11-10-12-17-20/h5-17H,1-4H3/b9-5-,13-6-,14-7-,18-8+,19-15+. The third kappa shape index (κ3) is 4.96. The molecule has 0 N–H and O–H groups in total. The first kappa shape index (κ1) is 16.8. The lowest BCUT2D eigenvalue weighted by molar-refractivity contribution is 1.13. The summed E-state index contributed by atoms with van der Waals surface area (Å²) < 4.78 is 0. The fraction of sp³-hybridized carbons (Fsp3) is 0.200. The molecule has 1 rings (SSSR count). The lowest BCUT2D eigenvalue weighted by atomic mass is 10.2. The maximum Gasteiger partial charge on any atom is 0.0461 e. The Kier molecular flexibility index (Phi) is 7.67. The highest BCUT2D eigenvalue weighted by Gasteiger charge is 2.12. The summed E-state index contributed by atoms with van der Waals surface area (Å²) in [4.78, 5) is 2.25. The fourth-order valence-corrected chi connectivity index (χ4v) is 2.07. The maximum absolute atomic E-state index is 2.25. The minimum Gasteiger partial charge on any atom is -0.311 e. The SMILES string of the molecule is C\C=C/C=C(\C=C/C)N(C(/C=C\C)=C/C)c1ccccc1. The van der Waals surface area contributed by atoms with Gasteiger partial charge in [-0.25, -0.2) is 0 Å². The minimum atomic E-state index is 1.13. The molecule has 0 fully saturated rings.